The van der Waals surface area contributed by atoms with E-state index in [1.165, 1.54) is 0 Å². The number of carbonyl (C=O) groups is 1. The number of primary amides is 1. The first-order valence-corrected chi connectivity index (χ1v) is 6.24. The molecule has 0 aliphatic heterocycles. The third-order valence-electron chi connectivity index (χ3n) is 2.25. The fourth-order valence-corrected chi connectivity index (χ4v) is 1.81. The molecule has 2 rings (SSSR count). The Hall–Kier alpha value is -1.50. The van der Waals surface area contributed by atoms with Gasteiger partial charge >= 0.3 is 0 Å². The van der Waals surface area contributed by atoms with Gasteiger partial charge in [-0.15, -0.1) is 0 Å². The van der Waals surface area contributed by atoms with E-state index >= 15 is 0 Å². The second-order valence-corrected chi connectivity index (χ2v) is 4.70. The molecule has 0 radical (unpaired) electrons. The van der Waals surface area contributed by atoms with Crippen LogP contribution in [0.1, 0.15) is 9.49 Å². The van der Waals surface area contributed by atoms with Crippen LogP contribution >= 0.6 is 22.6 Å². The van der Waals surface area contributed by atoms with Crippen molar-refractivity contribution in [1.82, 2.24) is 9.97 Å². The molecule has 2 aromatic heterocycles. The summed E-state index contributed by atoms with van der Waals surface area (Å²) in [5.74, 6) is -0.358. The standard InChI is InChI=1S/C12H10IN3O/c13-11(12(14)17)8-4-6-16-10(7-8)9-3-1-2-5-15-9/h1-7,11H,(H2,14,17). The van der Waals surface area contributed by atoms with Crippen molar-refractivity contribution in [3.63, 3.8) is 0 Å². The average molecular weight is 339 g/mol. The van der Waals surface area contributed by atoms with Gasteiger partial charge in [-0.3, -0.25) is 14.8 Å². The molecule has 0 spiro atoms. The van der Waals surface area contributed by atoms with Crippen LogP contribution in [-0.4, -0.2) is 15.9 Å². The van der Waals surface area contributed by atoms with E-state index in [9.17, 15) is 4.79 Å². The number of rotatable bonds is 3. The first-order valence-electron chi connectivity index (χ1n) is 4.99. The molecule has 2 N–H and O–H groups in total. The number of aromatic nitrogens is 2. The number of pyridine rings is 2. The summed E-state index contributed by atoms with van der Waals surface area (Å²) in [4.78, 5) is 19.6. The normalized spacial score (nSPS) is 12.1. The van der Waals surface area contributed by atoms with E-state index in [-0.39, 0.29) is 9.83 Å². The molecule has 1 amide bonds. The highest BCUT2D eigenvalue weighted by Gasteiger charge is 2.14. The van der Waals surface area contributed by atoms with Crippen LogP contribution in [0.25, 0.3) is 11.4 Å². The van der Waals surface area contributed by atoms with Gasteiger partial charge in [0.2, 0.25) is 5.91 Å². The quantitative estimate of drug-likeness (QED) is 0.688. The number of hydrogen-bond acceptors (Lipinski definition) is 3. The van der Waals surface area contributed by atoms with Crippen molar-refractivity contribution in [2.24, 2.45) is 5.73 Å². The zero-order valence-corrected chi connectivity index (χ0v) is 11.0. The fraction of sp³-hybridized carbons (Fsp3) is 0.0833. The van der Waals surface area contributed by atoms with Gasteiger partial charge in [0.1, 0.15) is 3.92 Å². The molecule has 1 unspecified atom stereocenters. The van der Waals surface area contributed by atoms with E-state index in [4.69, 9.17) is 5.73 Å². The third kappa shape index (κ3) is 2.79. The van der Waals surface area contributed by atoms with Gasteiger partial charge in [0, 0.05) is 12.4 Å². The van der Waals surface area contributed by atoms with Crippen LogP contribution in [0.4, 0.5) is 0 Å². The van der Waals surface area contributed by atoms with Gasteiger partial charge in [-0.05, 0) is 29.8 Å². The van der Waals surface area contributed by atoms with E-state index in [0.29, 0.717) is 0 Å². The van der Waals surface area contributed by atoms with E-state index in [1.54, 1.807) is 18.5 Å². The predicted molar refractivity (Wildman–Crippen MR) is 73.4 cm³/mol. The summed E-state index contributed by atoms with van der Waals surface area (Å²) in [5.41, 5.74) is 7.64. The Bertz CT molecular complexity index is 530. The molecule has 0 bridgehead atoms. The lowest BCUT2D eigenvalue weighted by atomic mass is 10.1. The van der Waals surface area contributed by atoms with Crippen LogP contribution in [0.15, 0.2) is 42.7 Å². The number of nitrogens with two attached hydrogens (primary N) is 1. The highest BCUT2D eigenvalue weighted by molar-refractivity contribution is 14.1. The minimum Gasteiger partial charge on any atom is -0.368 e. The first kappa shape index (κ1) is 12.0. The molecule has 2 aromatic rings. The first-order chi connectivity index (χ1) is 8.18. The maximum Gasteiger partial charge on any atom is 0.234 e. The Morgan fingerprint density at radius 2 is 1.94 bits per heavy atom. The Balaban J connectivity index is 2.39. The van der Waals surface area contributed by atoms with Crippen molar-refractivity contribution in [1.29, 1.82) is 0 Å². The monoisotopic (exact) mass is 339 g/mol. The van der Waals surface area contributed by atoms with Crippen molar-refractivity contribution < 1.29 is 4.79 Å². The molecule has 2 heterocycles. The molecule has 0 saturated heterocycles. The third-order valence-corrected chi connectivity index (χ3v) is 3.59. The second kappa shape index (κ2) is 5.22. The second-order valence-electron chi connectivity index (χ2n) is 3.45. The molecule has 4 nitrogen and oxygen atoms in total. The van der Waals surface area contributed by atoms with Crippen molar-refractivity contribution >= 4 is 28.5 Å². The van der Waals surface area contributed by atoms with Crippen molar-refractivity contribution in [3.8, 4) is 11.4 Å². The average Bonchev–Trinajstić information content (AvgIpc) is 2.39. The summed E-state index contributed by atoms with van der Waals surface area (Å²) < 4.78 is -0.349. The van der Waals surface area contributed by atoms with Gasteiger partial charge in [0.05, 0.1) is 11.4 Å². The maximum atomic E-state index is 11.1. The lowest BCUT2D eigenvalue weighted by Crippen LogP contribution is -2.16. The van der Waals surface area contributed by atoms with E-state index in [0.717, 1.165) is 17.0 Å². The Morgan fingerprint density at radius 1 is 1.18 bits per heavy atom. The highest BCUT2D eigenvalue weighted by atomic mass is 127. The van der Waals surface area contributed by atoms with Crippen molar-refractivity contribution in [2.75, 3.05) is 0 Å². The zero-order valence-electron chi connectivity index (χ0n) is 8.88. The lowest BCUT2D eigenvalue weighted by Gasteiger charge is -2.07. The minimum atomic E-state index is -0.358. The Kier molecular flexibility index (Phi) is 3.68. The van der Waals surface area contributed by atoms with Crippen LogP contribution in [0.3, 0.4) is 0 Å². The highest BCUT2D eigenvalue weighted by Crippen LogP contribution is 2.25. The summed E-state index contributed by atoms with van der Waals surface area (Å²) in [6.45, 7) is 0. The van der Waals surface area contributed by atoms with Crippen LogP contribution in [0.2, 0.25) is 0 Å². The molecule has 5 heteroatoms. The SMILES string of the molecule is NC(=O)C(I)c1ccnc(-c2ccccn2)c1. The number of nitrogens with zero attached hydrogens (tertiary/aromatic N) is 2. The minimum absolute atomic E-state index is 0.349. The molecule has 17 heavy (non-hydrogen) atoms. The molecule has 0 fully saturated rings. The van der Waals surface area contributed by atoms with Gasteiger partial charge in [0.25, 0.3) is 0 Å². The summed E-state index contributed by atoms with van der Waals surface area (Å²) in [7, 11) is 0. The number of halogens is 1. The van der Waals surface area contributed by atoms with E-state index in [2.05, 4.69) is 9.97 Å². The van der Waals surface area contributed by atoms with Crippen LogP contribution in [0.5, 0.6) is 0 Å². The molecule has 0 aromatic carbocycles. The number of amides is 1. The lowest BCUT2D eigenvalue weighted by molar-refractivity contribution is -0.117. The molecule has 1 atom stereocenters. The topological polar surface area (TPSA) is 68.9 Å². The van der Waals surface area contributed by atoms with Gasteiger partial charge in [-0.25, -0.2) is 0 Å². The number of carbonyl (C=O) groups excluding carboxylic acids is 1. The molecule has 0 saturated carbocycles. The van der Waals surface area contributed by atoms with Crippen molar-refractivity contribution in [2.45, 2.75) is 3.92 Å². The summed E-state index contributed by atoms with van der Waals surface area (Å²) >= 11 is 2.01. The van der Waals surface area contributed by atoms with E-state index in [1.807, 2.05) is 46.9 Å². The van der Waals surface area contributed by atoms with Crippen LogP contribution < -0.4 is 5.73 Å². The Labute approximate surface area is 112 Å². The van der Waals surface area contributed by atoms with Gasteiger partial charge in [-0.2, -0.15) is 0 Å². The number of hydrogen-bond donors (Lipinski definition) is 1. The molecule has 0 aliphatic rings. The maximum absolute atomic E-state index is 11.1. The van der Waals surface area contributed by atoms with Crippen molar-refractivity contribution in [3.05, 3.63) is 48.3 Å². The largest absolute Gasteiger partial charge is 0.368 e. The Morgan fingerprint density at radius 3 is 2.59 bits per heavy atom. The summed E-state index contributed by atoms with van der Waals surface area (Å²) in [5, 5.41) is 0. The fourth-order valence-electron chi connectivity index (χ4n) is 1.42. The summed E-state index contributed by atoms with van der Waals surface area (Å²) in [6, 6.07) is 9.24. The van der Waals surface area contributed by atoms with Gasteiger partial charge in [-0.1, -0.05) is 28.7 Å². The van der Waals surface area contributed by atoms with Gasteiger partial charge < -0.3 is 5.73 Å². The molecule has 0 aliphatic carbocycles. The number of alkyl halides is 1. The van der Waals surface area contributed by atoms with Gasteiger partial charge in [0.15, 0.2) is 0 Å². The van der Waals surface area contributed by atoms with Crippen LogP contribution in [-0.2, 0) is 4.79 Å². The van der Waals surface area contributed by atoms with Crippen LogP contribution in [0, 0.1) is 0 Å². The molecular weight excluding hydrogens is 329 g/mol. The summed E-state index contributed by atoms with van der Waals surface area (Å²) in [6.07, 6.45) is 3.37. The predicted octanol–water partition coefficient (Wildman–Crippen LogP) is 2.10. The molecule has 86 valence electrons. The molecular formula is C12H10IN3O. The smallest absolute Gasteiger partial charge is 0.234 e. The zero-order chi connectivity index (χ0) is 12.3. The van der Waals surface area contributed by atoms with E-state index < -0.39 is 0 Å².